The third-order valence-corrected chi connectivity index (χ3v) is 3.98. The molecule has 0 bridgehead atoms. The van der Waals surface area contributed by atoms with Crippen molar-refractivity contribution in [3.63, 3.8) is 0 Å². The molecule has 0 amide bonds. The van der Waals surface area contributed by atoms with Crippen molar-refractivity contribution in [2.75, 3.05) is 12.0 Å². The molecule has 3 aromatic heterocycles. The summed E-state index contributed by atoms with van der Waals surface area (Å²) in [6.45, 7) is 2.62. The summed E-state index contributed by atoms with van der Waals surface area (Å²) in [5.74, 6) is 8.00. The average molecular weight is 314 g/mol. The van der Waals surface area contributed by atoms with Gasteiger partial charge in [0.1, 0.15) is 5.76 Å². The highest BCUT2D eigenvalue weighted by Crippen LogP contribution is 2.29. The van der Waals surface area contributed by atoms with Crippen LogP contribution in [0.5, 0.6) is 0 Å². The number of nitrogens with zero attached hydrogens (tertiary/aromatic N) is 4. The Balaban J connectivity index is 1.86. The molecule has 3 N–H and O–H groups in total. The van der Waals surface area contributed by atoms with E-state index in [0.717, 1.165) is 37.0 Å². The van der Waals surface area contributed by atoms with Crippen molar-refractivity contribution >= 4 is 16.9 Å². The largest absolute Gasteiger partial charge is 0.458 e. The van der Waals surface area contributed by atoms with Crippen molar-refractivity contribution in [1.82, 2.24) is 19.7 Å². The predicted molar refractivity (Wildman–Crippen MR) is 84.4 cm³/mol. The van der Waals surface area contributed by atoms with Gasteiger partial charge in [-0.1, -0.05) is 0 Å². The van der Waals surface area contributed by atoms with Gasteiger partial charge < -0.3 is 14.6 Å². The molecule has 1 aliphatic rings. The summed E-state index contributed by atoms with van der Waals surface area (Å²) in [6.07, 6.45) is 4.72. The van der Waals surface area contributed by atoms with Gasteiger partial charge in [-0.2, -0.15) is 5.10 Å². The monoisotopic (exact) mass is 314 g/mol. The summed E-state index contributed by atoms with van der Waals surface area (Å²) >= 11 is 0. The van der Waals surface area contributed by atoms with Gasteiger partial charge in [0.05, 0.1) is 11.6 Å². The van der Waals surface area contributed by atoms with Crippen LogP contribution in [-0.2, 0) is 4.74 Å². The molecular formula is C15H18N6O2. The molecule has 0 aromatic carbocycles. The van der Waals surface area contributed by atoms with Crippen molar-refractivity contribution in [3.8, 4) is 11.6 Å². The molecule has 4 rings (SSSR count). The summed E-state index contributed by atoms with van der Waals surface area (Å²) < 4.78 is 13.2. The number of ether oxygens (including phenoxy) is 1. The quantitative estimate of drug-likeness (QED) is 0.565. The normalized spacial score (nSPS) is 18.4. The maximum absolute atomic E-state index is 5.82. The third-order valence-electron chi connectivity index (χ3n) is 3.98. The van der Waals surface area contributed by atoms with E-state index in [2.05, 4.69) is 20.5 Å². The molecule has 23 heavy (non-hydrogen) atoms. The summed E-state index contributed by atoms with van der Waals surface area (Å²) in [4.78, 5) is 9.05. The second kappa shape index (κ2) is 5.64. The molecule has 8 nitrogen and oxygen atoms in total. The van der Waals surface area contributed by atoms with Crippen LogP contribution in [0.3, 0.4) is 0 Å². The molecule has 0 spiro atoms. The van der Waals surface area contributed by atoms with Gasteiger partial charge in [0.2, 0.25) is 0 Å². The van der Waals surface area contributed by atoms with E-state index in [1.165, 1.54) is 0 Å². The maximum Gasteiger partial charge on any atom is 0.199 e. The van der Waals surface area contributed by atoms with Gasteiger partial charge in [-0.3, -0.25) is 0 Å². The SMILES string of the molecule is Cc1ccc(-c2nc(NN)c3cnn(C4CCCCO4)c3n2)o1. The third kappa shape index (κ3) is 2.45. The van der Waals surface area contributed by atoms with Crippen LogP contribution in [0.4, 0.5) is 5.82 Å². The number of nitrogen functional groups attached to an aromatic ring is 1. The van der Waals surface area contributed by atoms with E-state index in [1.807, 2.05) is 19.1 Å². The van der Waals surface area contributed by atoms with Crippen LogP contribution in [-0.4, -0.2) is 26.4 Å². The molecule has 1 atom stereocenters. The van der Waals surface area contributed by atoms with E-state index in [9.17, 15) is 0 Å². The lowest BCUT2D eigenvalue weighted by atomic mass is 10.2. The Hall–Kier alpha value is -2.45. The number of rotatable bonds is 3. The van der Waals surface area contributed by atoms with E-state index < -0.39 is 0 Å². The van der Waals surface area contributed by atoms with Gasteiger partial charge in [0.25, 0.3) is 0 Å². The van der Waals surface area contributed by atoms with Crippen LogP contribution in [0, 0.1) is 6.92 Å². The summed E-state index contributed by atoms with van der Waals surface area (Å²) in [5, 5.41) is 5.19. The van der Waals surface area contributed by atoms with Gasteiger partial charge in [-0.25, -0.2) is 20.5 Å². The van der Waals surface area contributed by atoms with Crippen LogP contribution in [0.25, 0.3) is 22.6 Å². The number of hydrogen-bond acceptors (Lipinski definition) is 7. The zero-order valence-corrected chi connectivity index (χ0v) is 12.8. The van der Waals surface area contributed by atoms with E-state index in [1.54, 1.807) is 10.9 Å². The molecule has 0 radical (unpaired) electrons. The fourth-order valence-corrected chi connectivity index (χ4v) is 2.83. The first kappa shape index (κ1) is 14.2. The Morgan fingerprint density at radius 3 is 2.91 bits per heavy atom. The molecule has 0 aliphatic carbocycles. The van der Waals surface area contributed by atoms with Crippen LogP contribution < -0.4 is 11.3 Å². The molecule has 1 aliphatic heterocycles. The molecule has 8 heteroatoms. The molecule has 1 unspecified atom stereocenters. The van der Waals surface area contributed by atoms with E-state index >= 15 is 0 Å². The zero-order chi connectivity index (χ0) is 15.8. The van der Waals surface area contributed by atoms with Crippen LogP contribution in [0.15, 0.2) is 22.7 Å². The molecule has 1 fully saturated rings. The molecule has 4 heterocycles. The molecular weight excluding hydrogens is 296 g/mol. The van der Waals surface area contributed by atoms with Crippen LogP contribution in [0.1, 0.15) is 31.3 Å². The molecule has 0 saturated carbocycles. The van der Waals surface area contributed by atoms with Crippen LogP contribution >= 0.6 is 0 Å². The number of fused-ring (bicyclic) bond motifs is 1. The first-order chi connectivity index (χ1) is 11.3. The van der Waals surface area contributed by atoms with E-state index in [4.69, 9.17) is 15.0 Å². The highest BCUT2D eigenvalue weighted by Gasteiger charge is 2.22. The highest BCUT2D eigenvalue weighted by atomic mass is 16.5. The second-order valence-corrected chi connectivity index (χ2v) is 5.60. The summed E-state index contributed by atoms with van der Waals surface area (Å²) in [7, 11) is 0. The predicted octanol–water partition coefficient (Wildman–Crippen LogP) is 2.38. The number of aromatic nitrogens is 4. The van der Waals surface area contributed by atoms with E-state index in [-0.39, 0.29) is 6.23 Å². The fourth-order valence-electron chi connectivity index (χ4n) is 2.83. The minimum absolute atomic E-state index is 0.104. The molecule has 120 valence electrons. The first-order valence-corrected chi connectivity index (χ1v) is 7.66. The number of aryl methyl sites for hydroxylation is 1. The lowest BCUT2D eigenvalue weighted by molar-refractivity contribution is -0.0370. The zero-order valence-electron chi connectivity index (χ0n) is 12.8. The first-order valence-electron chi connectivity index (χ1n) is 7.66. The van der Waals surface area contributed by atoms with Crippen molar-refractivity contribution in [1.29, 1.82) is 0 Å². The van der Waals surface area contributed by atoms with Gasteiger partial charge in [0.15, 0.2) is 29.3 Å². The molecule has 1 saturated heterocycles. The smallest absolute Gasteiger partial charge is 0.199 e. The Kier molecular flexibility index (Phi) is 3.47. The fraction of sp³-hybridized carbons (Fsp3) is 0.400. The Morgan fingerprint density at radius 1 is 1.30 bits per heavy atom. The lowest BCUT2D eigenvalue weighted by Crippen LogP contribution is -2.19. The molecule has 3 aromatic rings. The number of nitrogens with one attached hydrogen (secondary N) is 1. The number of hydrogen-bond donors (Lipinski definition) is 2. The summed E-state index contributed by atoms with van der Waals surface area (Å²) in [5.41, 5.74) is 3.30. The number of anilines is 1. The van der Waals surface area contributed by atoms with Crippen molar-refractivity contribution in [3.05, 3.63) is 24.1 Å². The topological polar surface area (TPSA) is 104 Å². The van der Waals surface area contributed by atoms with Gasteiger partial charge in [-0.15, -0.1) is 0 Å². The maximum atomic E-state index is 5.82. The summed E-state index contributed by atoms with van der Waals surface area (Å²) in [6, 6.07) is 3.72. The second-order valence-electron chi connectivity index (χ2n) is 5.60. The standard InChI is InChI=1S/C15H18N6O2/c1-9-5-6-11(23-9)14-18-13(20-16)10-8-17-21(15(10)19-14)12-4-2-3-7-22-12/h5-6,8,12H,2-4,7,16H2,1H3,(H,18,19,20). The van der Waals surface area contributed by atoms with Gasteiger partial charge in [-0.05, 0) is 38.3 Å². The van der Waals surface area contributed by atoms with Crippen molar-refractivity contribution in [2.45, 2.75) is 32.4 Å². The lowest BCUT2D eigenvalue weighted by Gasteiger charge is -2.23. The number of nitrogens with two attached hydrogens (primary N) is 1. The van der Waals surface area contributed by atoms with Gasteiger partial charge >= 0.3 is 0 Å². The van der Waals surface area contributed by atoms with Crippen LogP contribution in [0.2, 0.25) is 0 Å². The highest BCUT2D eigenvalue weighted by molar-refractivity contribution is 5.87. The Labute approximate surface area is 132 Å². The van der Waals surface area contributed by atoms with Crippen molar-refractivity contribution in [2.24, 2.45) is 5.84 Å². The van der Waals surface area contributed by atoms with Crippen molar-refractivity contribution < 1.29 is 9.15 Å². The Morgan fingerprint density at radius 2 is 2.22 bits per heavy atom. The van der Waals surface area contributed by atoms with E-state index in [0.29, 0.717) is 23.0 Å². The number of furan rings is 1. The Bertz CT molecular complexity index is 834. The minimum atomic E-state index is -0.104. The minimum Gasteiger partial charge on any atom is -0.458 e. The average Bonchev–Trinajstić information content (AvgIpc) is 3.21. The number of hydrazine groups is 1. The van der Waals surface area contributed by atoms with Gasteiger partial charge in [0, 0.05) is 6.61 Å².